The van der Waals surface area contributed by atoms with Crippen LogP contribution < -0.4 is 10.6 Å². The van der Waals surface area contributed by atoms with E-state index < -0.39 is 6.04 Å². The predicted octanol–water partition coefficient (Wildman–Crippen LogP) is 3.69. The van der Waals surface area contributed by atoms with Gasteiger partial charge in [-0.1, -0.05) is 43.2 Å². The van der Waals surface area contributed by atoms with E-state index in [9.17, 15) is 28.8 Å². The summed E-state index contributed by atoms with van der Waals surface area (Å²) in [6.07, 6.45) is 13.3. The van der Waals surface area contributed by atoms with Crippen molar-refractivity contribution in [3.8, 4) is 11.8 Å². The first kappa shape index (κ1) is 37.6. The van der Waals surface area contributed by atoms with E-state index in [2.05, 4.69) is 22.5 Å². The molecule has 3 unspecified atom stereocenters. The average Bonchev–Trinajstić information content (AvgIpc) is 3.10. The van der Waals surface area contributed by atoms with Crippen molar-refractivity contribution in [2.24, 2.45) is 17.8 Å². The fourth-order valence-corrected chi connectivity index (χ4v) is 7.30. The predicted molar refractivity (Wildman–Crippen MR) is 180 cm³/mol. The zero-order valence-corrected chi connectivity index (χ0v) is 28.1. The lowest BCUT2D eigenvalue weighted by atomic mass is 9.74. The molecule has 3 amide bonds. The van der Waals surface area contributed by atoms with Gasteiger partial charge in [0, 0.05) is 63.1 Å². The van der Waals surface area contributed by atoms with Gasteiger partial charge in [-0.05, 0) is 75.5 Å². The normalized spacial score (nSPS) is 17.5. The van der Waals surface area contributed by atoms with Gasteiger partial charge < -0.3 is 25.1 Å². The summed E-state index contributed by atoms with van der Waals surface area (Å²) in [6, 6.07) is 4.61. The SMILES string of the molecule is CNC(=O)C(CCC=O)N(C)Cc1c(C#CCCC2CCN(C(=O)C(C3CCCCC3)C(CCC=O)NC=O)CC2)cccc1C=O. The van der Waals surface area contributed by atoms with Crippen molar-refractivity contribution in [3.05, 3.63) is 34.9 Å². The number of piperidine rings is 1. The minimum absolute atomic E-state index is 0.109. The van der Waals surface area contributed by atoms with Crippen LogP contribution in [0.25, 0.3) is 0 Å². The van der Waals surface area contributed by atoms with E-state index in [-0.39, 0.29) is 36.1 Å². The number of nitrogens with one attached hydrogen (secondary N) is 2. The van der Waals surface area contributed by atoms with Crippen LogP contribution in [0.1, 0.15) is 105 Å². The Hall–Kier alpha value is -3.84. The second-order valence-corrected chi connectivity index (χ2v) is 12.9. The molecular weight excluding hydrogens is 596 g/mol. The summed E-state index contributed by atoms with van der Waals surface area (Å²) < 4.78 is 0. The van der Waals surface area contributed by atoms with Gasteiger partial charge in [-0.2, -0.15) is 0 Å². The van der Waals surface area contributed by atoms with Gasteiger partial charge in [0.25, 0.3) is 0 Å². The average molecular weight is 649 g/mol. The largest absolute Gasteiger partial charge is 0.358 e. The van der Waals surface area contributed by atoms with Crippen molar-refractivity contribution < 1.29 is 28.8 Å². The molecule has 1 aromatic carbocycles. The third kappa shape index (κ3) is 11.1. The van der Waals surface area contributed by atoms with Crippen LogP contribution in [0.15, 0.2) is 18.2 Å². The number of hydrogen-bond donors (Lipinski definition) is 2. The molecule has 1 aromatic rings. The van der Waals surface area contributed by atoms with Gasteiger partial charge >= 0.3 is 0 Å². The number of likely N-dealkylation sites (N-methyl/N-ethyl adjacent to an activating group) is 2. The molecule has 1 heterocycles. The fraction of sp³-hybridized carbons (Fsp3) is 0.622. The number of aldehydes is 3. The molecular formula is C37H52N4O6. The zero-order chi connectivity index (χ0) is 34.0. The molecule has 1 aliphatic heterocycles. The Morgan fingerprint density at radius 3 is 2.34 bits per heavy atom. The number of hydrogen-bond acceptors (Lipinski definition) is 7. The maximum absolute atomic E-state index is 13.9. The maximum atomic E-state index is 13.9. The van der Waals surface area contributed by atoms with Crippen molar-refractivity contribution in [2.75, 3.05) is 27.2 Å². The standard InChI is InChI=1S/C37H52N4O6/c1-38-36(46)34(18-10-24-43)40(2)25-32-29(15-8-16-31(32)26-44)12-7-6-11-28-19-21-41(22-20-28)37(47)35(30-13-4-3-5-14-30)33(39-27-45)17-9-23-42/h8,15-16,23-24,26-28,30,33-35H,3-6,9-11,13-14,17-22,25H2,1-2H3,(H,38,46)(H,39,45). The van der Waals surface area contributed by atoms with Crippen LogP contribution in [0, 0.1) is 29.6 Å². The van der Waals surface area contributed by atoms with Gasteiger partial charge in [0.05, 0.1) is 12.0 Å². The van der Waals surface area contributed by atoms with Gasteiger partial charge in [-0.15, -0.1) is 0 Å². The highest BCUT2D eigenvalue weighted by Crippen LogP contribution is 2.35. The van der Waals surface area contributed by atoms with Crippen LogP contribution in [-0.2, 0) is 30.5 Å². The molecule has 1 aliphatic carbocycles. The lowest BCUT2D eigenvalue weighted by Crippen LogP contribution is -2.51. The second kappa shape index (κ2) is 20.4. The highest BCUT2D eigenvalue weighted by atomic mass is 16.2. The first-order valence-electron chi connectivity index (χ1n) is 17.2. The monoisotopic (exact) mass is 648 g/mol. The smallest absolute Gasteiger partial charge is 0.237 e. The van der Waals surface area contributed by atoms with E-state index in [0.29, 0.717) is 63.2 Å². The van der Waals surface area contributed by atoms with Gasteiger partial charge in [0.15, 0.2) is 0 Å². The summed E-state index contributed by atoms with van der Waals surface area (Å²) in [5, 5.41) is 5.54. The zero-order valence-electron chi connectivity index (χ0n) is 28.1. The van der Waals surface area contributed by atoms with Gasteiger partial charge in [0.1, 0.15) is 18.9 Å². The van der Waals surface area contributed by atoms with E-state index >= 15 is 0 Å². The summed E-state index contributed by atoms with van der Waals surface area (Å²) in [5.74, 6) is 6.85. The highest BCUT2D eigenvalue weighted by Gasteiger charge is 2.39. The summed E-state index contributed by atoms with van der Waals surface area (Å²) in [6.45, 7) is 1.69. The number of nitrogens with zero attached hydrogens (tertiary/aromatic N) is 2. The number of rotatable bonds is 18. The summed E-state index contributed by atoms with van der Waals surface area (Å²) in [7, 11) is 3.37. The van der Waals surface area contributed by atoms with Crippen LogP contribution in [0.4, 0.5) is 0 Å². The first-order chi connectivity index (χ1) is 22.9. The van der Waals surface area contributed by atoms with Gasteiger partial charge in [-0.25, -0.2) is 0 Å². The quantitative estimate of drug-likeness (QED) is 0.183. The molecule has 0 aromatic heterocycles. The van der Waals surface area contributed by atoms with Gasteiger partial charge in [-0.3, -0.25) is 24.1 Å². The van der Waals surface area contributed by atoms with E-state index in [4.69, 9.17) is 0 Å². The molecule has 1 saturated carbocycles. The van der Waals surface area contributed by atoms with E-state index in [1.807, 2.05) is 22.9 Å². The van der Waals surface area contributed by atoms with E-state index in [1.54, 1.807) is 19.2 Å². The summed E-state index contributed by atoms with van der Waals surface area (Å²) >= 11 is 0. The highest BCUT2D eigenvalue weighted by molar-refractivity contribution is 5.82. The van der Waals surface area contributed by atoms with Crippen molar-refractivity contribution >= 4 is 37.1 Å². The molecule has 2 aliphatic rings. The molecule has 2 fully saturated rings. The van der Waals surface area contributed by atoms with Crippen LogP contribution in [-0.4, -0.2) is 86.2 Å². The third-order valence-electron chi connectivity index (χ3n) is 9.97. The van der Waals surface area contributed by atoms with Crippen molar-refractivity contribution in [1.82, 2.24) is 20.4 Å². The van der Waals surface area contributed by atoms with Crippen molar-refractivity contribution in [2.45, 2.75) is 102 Å². The molecule has 2 N–H and O–H groups in total. The van der Waals surface area contributed by atoms with Crippen LogP contribution >= 0.6 is 0 Å². The second-order valence-electron chi connectivity index (χ2n) is 12.9. The van der Waals surface area contributed by atoms with E-state index in [1.165, 1.54) is 6.42 Å². The molecule has 3 atom stereocenters. The Labute approximate surface area is 279 Å². The summed E-state index contributed by atoms with van der Waals surface area (Å²) in [5.41, 5.74) is 2.03. The first-order valence-corrected chi connectivity index (χ1v) is 17.2. The Balaban J connectivity index is 1.62. The molecule has 3 rings (SSSR count). The molecule has 1 saturated heterocycles. The molecule has 47 heavy (non-hydrogen) atoms. The Kier molecular flexibility index (Phi) is 16.3. The molecule has 0 bridgehead atoms. The minimum atomic E-state index is -0.509. The van der Waals surface area contributed by atoms with Crippen molar-refractivity contribution in [1.29, 1.82) is 0 Å². The third-order valence-corrected chi connectivity index (χ3v) is 9.97. The van der Waals surface area contributed by atoms with Gasteiger partial charge in [0.2, 0.25) is 18.2 Å². The number of likely N-dealkylation sites (tertiary alicyclic amines) is 1. The molecule has 10 nitrogen and oxygen atoms in total. The Morgan fingerprint density at radius 1 is 1.00 bits per heavy atom. The minimum Gasteiger partial charge on any atom is -0.358 e. The van der Waals surface area contributed by atoms with Crippen LogP contribution in [0.5, 0.6) is 0 Å². The number of amides is 3. The lowest BCUT2D eigenvalue weighted by molar-refractivity contribution is -0.141. The molecule has 256 valence electrons. The fourth-order valence-electron chi connectivity index (χ4n) is 7.30. The summed E-state index contributed by atoms with van der Waals surface area (Å²) in [4.78, 5) is 75.7. The molecule has 10 heteroatoms. The number of benzene rings is 1. The topological polar surface area (TPSA) is 133 Å². The van der Waals surface area contributed by atoms with E-state index in [0.717, 1.165) is 74.9 Å². The Morgan fingerprint density at radius 2 is 1.70 bits per heavy atom. The van der Waals surface area contributed by atoms with Crippen LogP contribution in [0.2, 0.25) is 0 Å². The number of carbonyl (C=O) groups excluding carboxylic acids is 6. The Bertz CT molecular complexity index is 1260. The van der Waals surface area contributed by atoms with Crippen molar-refractivity contribution in [3.63, 3.8) is 0 Å². The number of carbonyl (C=O) groups is 6. The maximum Gasteiger partial charge on any atom is 0.237 e. The molecule has 0 spiro atoms. The lowest BCUT2D eigenvalue weighted by Gasteiger charge is -2.40. The molecule has 0 radical (unpaired) electrons. The van der Waals surface area contributed by atoms with Crippen LogP contribution in [0.3, 0.4) is 0 Å².